The molecular formula is C57H76N12O19. The van der Waals surface area contributed by atoms with Crippen molar-refractivity contribution in [3.8, 4) is 0 Å². The van der Waals surface area contributed by atoms with Crippen LogP contribution in [0.25, 0.3) is 0 Å². The number of carbonyl (C=O) groups is 13. The summed E-state index contributed by atoms with van der Waals surface area (Å²) in [7, 11) is 0. The second-order valence-corrected chi connectivity index (χ2v) is 20.5. The molecule has 3 aromatic carbocycles. The third kappa shape index (κ3) is 28.0. The number of hydrogen-bond donors (Lipinski definition) is 14. The van der Waals surface area contributed by atoms with E-state index in [9.17, 15) is 87.9 Å². The van der Waals surface area contributed by atoms with Crippen LogP contribution < -0.4 is 42.5 Å². The molecule has 5 atom stereocenters. The van der Waals surface area contributed by atoms with Crippen LogP contribution in [-0.2, 0) is 72.0 Å². The molecule has 9 amide bonds. The van der Waals surface area contributed by atoms with Crippen molar-refractivity contribution in [1.29, 1.82) is 0 Å². The first-order valence-corrected chi connectivity index (χ1v) is 28.1. The maximum absolute atomic E-state index is 14.4. The maximum atomic E-state index is 14.4. The lowest BCUT2D eigenvalue weighted by Gasteiger charge is -2.32. The minimum atomic E-state index is -1.70. The zero-order valence-corrected chi connectivity index (χ0v) is 48.2. The minimum Gasteiger partial charge on any atom is -0.481 e. The first-order valence-electron chi connectivity index (χ1n) is 28.1. The van der Waals surface area contributed by atoms with Crippen LogP contribution in [0.1, 0.15) is 42.4 Å². The van der Waals surface area contributed by atoms with Crippen LogP contribution in [0.4, 0.5) is 9.59 Å². The van der Waals surface area contributed by atoms with Gasteiger partial charge >= 0.3 is 42.0 Å². The molecule has 0 aromatic heterocycles. The fraction of sp³-hybridized carbons (Fsp3) is 0.456. The molecule has 0 spiro atoms. The lowest BCUT2D eigenvalue weighted by atomic mass is 10.0. The minimum absolute atomic E-state index is 0.000565. The number of nitrogens with zero attached hydrogens (tertiary/aromatic N) is 4. The molecule has 31 heteroatoms. The molecule has 1 fully saturated rings. The Hall–Kier alpha value is -9.75. The Morgan fingerprint density at radius 1 is 0.375 bits per heavy atom. The monoisotopic (exact) mass is 1230 g/mol. The number of amides is 9. The smallest absolute Gasteiger partial charge is 0.407 e. The zero-order chi connectivity index (χ0) is 64.5. The van der Waals surface area contributed by atoms with Gasteiger partial charge in [0.2, 0.25) is 35.4 Å². The van der Waals surface area contributed by atoms with Gasteiger partial charge in [-0.25, -0.2) is 19.2 Å². The van der Waals surface area contributed by atoms with E-state index in [1.54, 1.807) is 101 Å². The normalized spacial score (nSPS) is 15.1. The summed E-state index contributed by atoms with van der Waals surface area (Å²) >= 11 is 0. The van der Waals surface area contributed by atoms with Crippen LogP contribution in [-0.4, -0.2) is 249 Å². The van der Waals surface area contributed by atoms with Crippen LogP contribution in [0.5, 0.6) is 0 Å². The zero-order valence-electron chi connectivity index (χ0n) is 48.2. The number of benzene rings is 3. The van der Waals surface area contributed by atoms with Crippen molar-refractivity contribution in [1.82, 2.24) is 62.1 Å². The number of rotatable bonds is 33. The molecule has 0 bridgehead atoms. The summed E-state index contributed by atoms with van der Waals surface area (Å²) in [5.41, 5.74) is 1.88. The van der Waals surface area contributed by atoms with Crippen molar-refractivity contribution in [3.63, 3.8) is 0 Å². The van der Waals surface area contributed by atoms with Crippen LogP contribution in [0.15, 0.2) is 91.0 Å². The highest BCUT2D eigenvalue weighted by molar-refractivity contribution is 5.94. The molecule has 88 heavy (non-hydrogen) atoms. The van der Waals surface area contributed by atoms with Gasteiger partial charge in [-0.1, -0.05) is 91.0 Å². The second kappa shape index (κ2) is 37.6. The number of carboxylic acids is 5. The van der Waals surface area contributed by atoms with E-state index in [1.807, 2.05) is 10.6 Å². The third-order valence-electron chi connectivity index (χ3n) is 13.7. The summed E-state index contributed by atoms with van der Waals surface area (Å²) in [5, 5.41) is 76.7. The second-order valence-electron chi connectivity index (χ2n) is 20.5. The topological polar surface area (TPSA) is 452 Å². The molecule has 478 valence electrons. The predicted octanol–water partition coefficient (Wildman–Crippen LogP) is -2.56. The maximum Gasteiger partial charge on any atom is 0.407 e. The van der Waals surface area contributed by atoms with Crippen LogP contribution >= 0.6 is 0 Å². The van der Waals surface area contributed by atoms with Crippen LogP contribution in [0, 0.1) is 0 Å². The number of aliphatic carboxylic acids is 5. The van der Waals surface area contributed by atoms with Gasteiger partial charge in [-0.05, 0) is 29.5 Å². The van der Waals surface area contributed by atoms with E-state index in [0.717, 1.165) is 4.90 Å². The predicted molar refractivity (Wildman–Crippen MR) is 310 cm³/mol. The molecule has 1 aliphatic heterocycles. The van der Waals surface area contributed by atoms with E-state index >= 15 is 0 Å². The van der Waals surface area contributed by atoms with E-state index in [1.165, 1.54) is 4.90 Å². The number of urea groups is 1. The van der Waals surface area contributed by atoms with Gasteiger partial charge in [0, 0.05) is 97.6 Å². The molecule has 0 radical (unpaired) electrons. The highest BCUT2D eigenvalue weighted by Crippen LogP contribution is 2.10. The fourth-order valence-corrected chi connectivity index (χ4v) is 9.02. The molecule has 31 nitrogen and oxygen atoms in total. The Morgan fingerprint density at radius 3 is 1.19 bits per heavy atom. The van der Waals surface area contributed by atoms with Gasteiger partial charge in [0.1, 0.15) is 30.2 Å². The summed E-state index contributed by atoms with van der Waals surface area (Å²) in [6, 6.07) is 17.3. The van der Waals surface area contributed by atoms with Gasteiger partial charge < -0.3 is 78.1 Å². The van der Waals surface area contributed by atoms with Gasteiger partial charge in [-0.15, -0.1) is 0 Å². The molecule has 0 aliphatic carbocycles. The Bertz CT molecular complexity index is 2860. The number of hydrogen-bond acceptors (Lipinski definition) is 16. The van der Waals surface area contributed by atoms with E-state index in [4.69, 9.17) is 5.11 Å². The third-order valence-corrected chi connectivity index (χ3v) is 13.7. The quantitative estimate of drug-likeness (QED) is 0.0279. The molecule has 14 N–H and O–H groups in total. The highest BCUT2D eigenvalue weighted by atomic mass is 16.4. The SMILES string of the molecule is O=C(O)CC[C@H](NC(=O)N[C@@H](CCC(=O)N[C@@H](Cc1ccccc1)C(=O)NCCNC(=O)CNC(=O)[C@H](Cc1ccccc1)NC(=O)[C@H](Cc1ccccc1)NC(=O)CN1CCN(CC(=O)O)CCN(CC(=O)O)CCN(C(=O)O)CC1)C(=O)O)C(=O)O. The van der Waals surface area contributed by atoms with E-state index in [2.05, 4.69) is 31.9 Å². The molecule has 1 heterocycles. The summed E-state index contributed by atoms with van der Waals surface area (Å²) < 4.78 is 0. The van der Waals surface area contributed by atoms with Crippen LogP contribution in [0.2, 0.25) is 0 Å². The molecule has 3 aromatic rings. The summed E-state index contributed by atoms with van der Waals surface area (Å²) in [6.07, 6.45) is -3.54. The van der Waals surface area contributed by atoms with E-state index in [0.29, 0.717) is 16.7 Å². The number of nitrogens with one attached hydrogen (secondary N) is 8. The van der Waals surface area contributed by atoms with Gasteiger partial charge in [0.05, 0.1) is 26.2 Å². The Morgan fingerprint density at radius 2 is 0.761 bits per heavy atom. The average Bonchev–Trinajstić information content (AvgIpc) is 3.57. The largest absolute Gasteiger partial charge is 0.481 e. The van der Waals surface area contributed by atoms with Crippen molar-refractivity contribution in [3.05, 3.63) is 108 Å². The molecule has 4 rings (SSSR count). The van der Waals surface area contributed by atoms with Crippen molar-refractivity contribution >= 4 is 77.4 Å². The molecular weight excluding hydrogens is 1160 g/mol. The van der Waals surface area contributed by atoms with Crippen LogP contribution in [0.3, 0.4) is 0 Å². The summed E-state index contributed by atoms with van der Waals surface area (Å²) in [4.78, 5) is 170. The molecule has 1 aliphatic rings. The van der Waals surface area contributed by atoms with Crippen molar-refractivity contribution in [2.45, 2.75) is 75.2 Å². The van der Waals surface area contributed by atoms with Gasteiger partial charge in [-0.3, -0.25) is 57.9 Å². The Labute approximate surface area is 505 Å². The van der Waals surface area contributed by atoms with Crippen molar-refractivity contribution in [2.75, 3.05) is 91.6 Å². The molecule has 1 saturated heterocycles. The number of carboxylic acid groups (broad SMARTS) is 6. The Balaban J connectivity index is 1.39. The summed E-state index contributed by atoms with van der Waals surface area (Å²) in [5.74, 6) is -11.2. The standard InChI is InChI=1S/C57H76N12O19/c70-45(18-16-40(54(82)83)64-56(86)65-41(55(84)85)17-19-48(73)74)61-42(30-37-10-4-1-5-11-37)51(79)59-21-20-58-46(71)33-60-52(80)43(31-38-12-6-2-7-13-38)63-53(81)44(32-39-14-8-3-9-15-39)62-47(72)34-66-22-23-67(35-49(75)76)24-25-68(36-50(77)78)27-29-69(28-26-66)57(87)88/h1-15,40-44H,16-36H2,(H,58,71)(H,59,79)(H,60,80)(H,61,70)(H,62,72)(H,63,81)(H,73,74)(H,75,76)(H,77,78)(H,82,83)(H,84,85)(H,87,88)(H2,64,65,86)/t40-,41-,42-,43-,44-/m0/s1. The first kappa shape index (κ1) is 70.7. The van der Waals surface area contributed by atoms with Crippen molar-refractivity contribution in [2.24, 2.45) is 0 Å². The fourth-order valence-electron chi connectivity index (χ4n) is 9.02. The lowest BCUT2D eigenvalue weighted by Crippen LogP contribution is -2.57. The van der Waals surface area contributed by atoms with Gasteiger partial charge in [0.25, 0.3) is 0 Å². The highest BCUT2D eigenvalue weighted by Gasteiger charge is 2.31. The average molecular weight is 1230 g/mol. The van der Waals surface area contributed by atoms with E-state index < -0.39 is 153 Å². The van der Waals surface area contributed by atoms with Gasteiger partial charge in [-0.2, -0.15) is 0 Å². The molecule has 0 unspecified atom stereocenters. The Kier molecular flexibility index (Phi) is 30.2. The summed E-state index contributed by atoms with van der Waals surface area (Å²) in [6.45, 7) is -1.82. The number of carbonyl (C=O) groups excluding carboxylic acids is 7. The lowest BCUT2D eigenvalue weighted by molar-refractivity contribution is -0.141. The first-order chi connectivity index (χ1) is 41.9. The van der Waals surface area contributed by atoms with Crippen molar-refractivity contribution < 1.29 is 93.0 Å². The van der Waals surface area contributed by atoms with Gasteiger partial charge in [0.15, 0.2) is 0 Å². The van der Waals surface area contributed by atoms with E-state index in [-0.39, 0.29) is 91.3 Å². The molecule has 0 saturated carbocycles.